The smallest absolute Gasteiger partial charge is 0.475 e. The number of pyridine rings is 2. The molecule has 4 heterocycles. The summed E-state index contributed by atoms with van der Waals surface area (Å²) < 4.78 is 95.2. The molecule has 1 unspecified atom stereocenters. The number of aliphatic carboxylic acids is 3. The molecule has 3 N–H and O–H groups in total. The molecule has 0 aromatic carbocycles. The second-order valence-electron chi connectivity index (χ2n) is 9.73. The Kier molecular flexibility index (Phi) is 14.5. The number of alkyl halides is 9. The van der Waals surface area contributed by atoms with E-state index in [0.717, 1.165) is 56.9 Å². The molecule has 12 nitrogen and oxygen atoms in total. The van der Waals surface area contributed by atoms with E-state index in [9.17, 15) is 44.3 Å². The van der Waals surface area contributed by atoms with Crippen molar-refractivity contribution in [3.8, 4) is 0 Å². The van der Waals surface area contributed by atoms with Crippen molar-refractivity contribution in [1.29, 1.82) is 0 Å². The highest BCUT2D eigenvalue weighted by Crippen LogP contribution is 2.34. The van der Waals surface area contributed by atoms with Crippen molar-refractivity contribution in [2.24, 2.45) is 0 Å². The SMILES string of the molecule is CN1CCN(Cc2cccnc2)C2(CCN(Cc3ccccn3)C2)C1=O.O=C(O)C(F)(F)F.O=C(O)C(F)(F)F.O=C(O)C(F)(F)F. The summed E-state index contributed by atoms with van der Waals surface area (Å²) in [5.74, 6) is -8.02. The highest BCUT2D eigenvalue weighted by molar-refractivity contribution is 5.87. The molecule has 0 radical (unpaired) electrons. The molecule has 1 spiro atoms. The Morgan fingerprint density at radius 1 is 0.787 bits per heavy atom. The predicted octanol–water partition coefficient (Wildman–Crippen LogP) is 3.30. The second-order valence-corrected chi connectivity index (χ2v) is 9.73. The van der Waals surface area contributed by atoms with Crippen LogP contribution in [-0.2, 0) is 32.3 Å². The Labute approximate surface area is 260 Å². The van der Waals surface area contributed by atoms with Gasteiger partial charge in [-0.25, -0.2) is 14.4 Å². The van der Waals surface area contributed by atoms with Crippen LogP contribution in [0.3, 0.4) is 0 Å². The Balaban J connectivity index is 0.000000430. The van der Waals surface area contributed by atoms with Crippen LogP contribution in [0.2, 0.25) is 0 Å². The summed E-state index contributed by atoms with van der Waals surface area (Å²) >= 11 is 0. The highest BCUT2D eigenvalue weighted by Gasteiger charge is 2.52. The van der Waals surface area contributed by atoms with Gasteiger partial charge in [0.05, 0.1) is 5.69 Å². The number of hydrogen-bond acceptors (Lipinski definition) is 8. The van der Waals surface area contributed by atoms with Gasteiger partial charge in [0.25, 0.3) is 0 Å². The zero-order chi connectivity index (χ0) is 36.2. The molecule has 2 aliphatic rings. The lowest BCUT2D eigenvalue weighted by Crippen LogP contribution is -2.65. The summed E-state index contributed by atoms with van der Waals surface area (Å²) in [6, 6.07) is 10.0. The first-order valence-corrected chi connectivity index (χ1v) is 12.9. The third kappa shape index (κ3) is 13.4. The average Bonchev–Trinajstić information content (AvgIpc) is 3.38. The van der Waals surface area contributed by atoms with Gasteiger partial charge in [-0.05, 0) is 30.2 Å². The molecule has 47 heavy (non-hydrogen) atoms. The lowest BCUT2D eigenvalue weighted by molar-refractivity contribution is -0.193. The molecule has 1 atom stereocenters. The van der Waals surface area contributed by atoms with Crippen LogP contribution in [-0.4, -0.2) is 121 Å². The Hall–Kier alpha value is -4.53. The molecule has 4 rings (SSSR count). The molecular formula is C26H28F9N5O7. The van der Waals surface area contributed by atoms with Crippen LogP contribution in [0.4, 0.5) is 39.5 Å². The minimum Gasteiger partial charge on any atom is -0.475 e. The summed E-state index contributed by atoms with van der Waals surface area (Å²) in [5, 5.41) is 21.4. The minimum absolute atomic E-state index is 0.246. The van der Waals surface area contributed by atoms with E-state index >= 15 is 0 Å². The number of halogens is 9. The van der Waals surface area contributed by atoms with Gasteiger partial charge >= 0.3 is 36.4 Å². The maximum absolute atomic E-state index is 13.2. The molecule has 21 heteroatoms. The van der Waals surface area contributed by atoms with E-state index in [-0.39, 0.29) is 5.91 Å². The maximum atomic E-state index is 13.2. The molecule has 0 saturated carbocycles. The van der Waals surface area contributed by atoms with Gasteiger partial charge < -0.3 is 20.2 Å². The summed E-state index contributed by atoms with van der Waals surface area (Å²) in [6.07, 6.45) is -8.87. The van der Waals surface area contributed by atoms with Crippen molar-refractivity contribution in [2.45, 2.75) is 43.6 Å². The molecule has 0 bridgehead atoms. The van der Waals surface area contributed by atoms with Gasteiger partial charge in [-0.2, -0.15) is 39.5 Å². The number of likely N-dealkylation sites (tertiary alicyclic amines) is 1. The number of amides is 1. The Morgan fingerprint density at radius 2 is 1.32 bits per heavy atom. The van der Waals surface area contributed by atoms with Crippen LogP contribution in [0.25, 0.3) is 0 Å². The fourth-order valence-electron chi connectivity index (χ4n) is 4.18. The number of nitrogens with zero attached hydrogens (tertiary/aromatic N) is 5. The van der Waals surface area contributed by atoms with Gasteiger partial charge in [-0.15, -0.1) is 0 Å². The van der Waals surface area contributed by atoms with E-state index in [1.54, 1.807) is 6.20 Å². The second kappa shape index (κ2) is 16.9. The van der Waals surface area contributed by atoms with Crippen LogP contribution in [0, 0.1) is 0 Å². The maximum Gasteiger partial charge on any atom is 0.490 e. The van der Waals surface area contributed by atoms with Crippen LogP contribution in [0.15, 0.2) is 48.9 Å². The number of likely N-dealkylation sites (N-methyl/N-ethyl adjacent to an activating group) is 1. The highest BCUT2D eigenvalue weighted by atomic mass is 19.4. The fourth-order valence-corrected chi connectivity index (χ4v) is 4.18. The predicted molar refractivity (Wildman–Crippen MR) is 140 cm³/mol. The van der Waals surface area contributed by atoms with E-state index in [1.807, 2.05) is 48.6 Å². The molecule has 2 aliphatic heterocycles. The van der Waals surface area contributed by atoms with E-state index in [0.29, 0.717) is 0 Å². The molecule has 2 fully saturated rings. The lowest BCUT2D eigenvalue weighted by Gasteiger charge is -2.46. The van der Waals surface area contributed by atoms with Crippen molar-refractivity contribution in [3.63, 3.8) is 0 Å². The van der Waals surface area contributed by atoms with Gasteiger partial charge in [0.1, 0.15) is 5.54 Å². The number of carbonyl (C=O) groups excluding carboxylic acids is 1. The van der Waals surface area contributed by atoms with Crippen LogP contribution in [0.1, 0.15) is 17.7 Å². The van der Waals surface area contributed by atoms with Gasteiger partial charge in [-0.1, -0.05) is 12.1 Å². The number of hydrogen-bond donors (Lipinski definition) is 3. The standard InChI is InChI=1S/C20H25N5O.3C2HF3O2/c1-23-11-12-25(14-17-5-4-8-21-13-17)20(19(23)26)7-10-24(16-20)15-18-6-2-3-9-22-18;3*3-2(4,5)1(6)7/h2-6,8-9,13H,7,10-12,14-16H2,1H3;3*(H,6,7). The number of aromatic nitrogens is 2. The van der Waals surface area contributed by atoms with Gasteiger partial charge in [-0.3, -0.25) is 24.6 Å². The molecule has 1 amide bonds. The first kappa shape index (κ1) is 40.5. The number of carbonyl (C=O) groups is 4. The van der Waals surface area contributed by atoms with Crippen molar-refractivity contribution in [2.75, 3.05) is 33.2 Å². The quantitative estimate of drug-likeness (QED) is 0.403. The number of rotatable bonds is 4. The van der Waals surface area contributed by atoms with Gasteiger partial charge in [0.2, 0.25) is 5.91 Å². The van der Waals surface area contributed by atoms with E-state index < -0.39 is 42.0 Å². The van der Waals surface area contributed by atoms with Crippen molar-refractivity contribution >= 4 is 23.8 Å². The van der Waals surface area contributed by atoms with Gasteiger partial charge in [0, 0.05) is 64.9 Å². The van der Waals surface area contributed by atoms with E-state index in [2.05, 4.69) is 25.8 Å². The number of carboxylic acid groups (broad SMARTS) is 3. The topological polar surface area (TPSA) is 164 Å². The first-order valence-electron chi connectivity index (χ1n) is 12.9. The average molecular weight is 694 g/mol. The molecule has 262 valence electrons. The summed E-state index contributed by atoms with van der Waals surface area (Å²) in [7, 11) is 1.92. The van der Waals surface area contributed by atoms with Crippen molar-refractivity contribution in [1.82, 2.24) is 24.7 Å². The van der Waals surface area contributed by atoms with Crippen LogP contribution >= 0.6 is 0 Å². The number of carboxylic acids is 3. The zero-order valence-corrected chi connectivity index (χ0v) is 24.2. The van der Waals surface area contributed by atoms with Crippen LogP contribution in [0.5, 0.6) is 0 Å². The van der Waals surface area contributed by atoms with E-state index in [1.165, 1.54) is 0 Å². The van der Waals surface area contributed by atoms with Crippen LogP contribution < -0.4 is 0 Å². The molecular weight excluding hydrogens is 665 g/mol. The third-order valence-corrected chi connectivity index (χ3v) is 6.32. The lowest BCUT2D eigenvalue weighted by atomic mass is 9.91. The Bertz CT molecular complexity index is 1270. The van der Waals surface area contributed by atoms with Crippen molar-refractivity contribution < 1.29 is 74.0 Å². The number of piperazine rings is 1. The Morgan fingerprint density at radius 3 is 1.74 bits per heavy atom. The molecule has 2 saturated heterocycles. The summed E-state index contributed by atoms with van der Waals surface area (Å²) in [5.41, 5.74) is 1.78. The molecule has 2 aromatic heterocycles. The normalized spacial score (nSPS) is 18.6. The first-order chi connectivity index (χ1) is 21.5. The zero-order valence-electron chi connectivity index (χ0n) is 24.2. The molecule has 0 aliphatic carbocycles. The minimum atomic E-state index is -5.08. The molecule has 2 aromatic rings. The summed E-state index contributed by atoms with van der Waals surface area (Å²) in [6.45, 7) is 4.91. The van der Waals surface area contributed by atoms with E-state index in [4.69, 9.17) is 29.7 Å². The largest absolute Gasteiger partial charge is 0.490 e. The summed E-state index contributed by atoms with van der Waals surface area (Å²) in [4.78, 5) is 55.1. The van der Waals surface area contributed by atoms with Gasteiger partial charge in [0.15, 0.2) is 0 Å². The third-order valence-electron chi connectivity index (χ3n) is 6.32. The fraction of sp³-hybridized carbons (Fsp3) is 0.462. The van der Waals surface area contributed by atoms with Crippen molar-refractivity contribution in [3.05, 3.63) is 60.2 Å². The monoisotopic (exact) mass is 693 g/mol.